The van der Waals surface area contributed by atoms with Crippen LogP contribution < -0.4 is 5.32 Å². The highest BCUT2D eigenvalue weighted by Crippen LogP contribution is 2.62. The van der Waals surface area contributed by atoms with Crippen molar-refractivity contribution in [3.05, 3.63) is 75.4 Å². The Bertz CT molecular complexity index is 1240. The molecule has 0 saturated heterocycles. The van der Waals surface area contributed by atoms with Crippen molar-refractivity contribution in [1.29, 1.82) is 0 Å². The molecule has 0 spiro atoms. The van der Waals surface area contributed by atoms with E-state index < -0.39 is 0 Å². The number of carbonyl (C=O) groups excluding carboxylic acids is 1. The summed E-state index contributed by atoms with van der Waals surface area (Å²) >= 11 is 12.4. The van der Waals surface area contributed by atoms with Gasteiger partial charge in [0.2, 0.25) is 0 Å². The first-order valence-electron chi connectivity index (χ1n) is 12.0. The molecule has 34 heavy (non-hydrogen) atoms. The number of nitrogens with one attached hydrogen (secondary N) is 1. The van der Waals surface area contributed by atoms with Crippen molar-refractivity contribution in [3.8, 4) is 11.3 Å². The number of aromatic nitrogens is 2. The Balaban J connectivity index is 1.48. The molecule has 0 radical (unpaired) electrons. The molecule has 1 N–H and O–H groups in total. The molecule has 5 rings (SSSR count). The lowest BCUT2D eigenvalue weighted by molar-refractivity contribution is 0.0732. The summed E-state index contributed by atoms with van der Waals surface area (Å²) in [6.07, 6.45) is 3.61. The zero-order valence-electron chi connectivity index (χ0n) is 20.2. The van der Waals surface area contributed by atoms with Crippen molar-refractivity contribution < 1.29 is 4.79 Å². The van der Waals surface area contributed by atoms with E-state index in [1.54, 1.807) is 6.07 Å². The summed E-state index contributed by atoms with van der Waals surface area (Å²) in [6, 6.07) is 15.9. The van der Waals surface area contributed by atoms with Crippen molar-refractivity contribution in [2.24, 2.45) is 16.7 Å². The number of rotatable bonds is 5. The van der Waals surface area contributed by atoms with E-state index in [0.29, 0.717) is 28.2 Å². The van der Waals surface area contributed by atoms with Crippen LogP contribution in [-0.2, 0) is 6.54 Å². The molecular formula is C28H31Cl2N3O. The van der Waals surface area contributed by atoms with Gasteiger partial charge in [0.05, 0.1) is 22.3 Å². The van der Waals surface area contributed by atoms with Gasteiger partial charge in [-0.25, -0.2) is 0 Å². The summed E-state index contributed by atoms with van der Waals surface area (Å²) in [7, 11) is 0. The Morgan fingerprint density at radius 2 is 1.82 bits per heavy atom. The number of hydrogen-bond donors (Lipinski definition) is 1. The molecule has 2 saturated carbocycles. The minimum absolute atomic E-state index is 0.0884. The number of carbonyl (C=O) groups is 1. The lowest BCUT2D eigenvalue weighted by Gasteiger charge is -2.42. The molecule has 2 fully saturated rings. The van der Waals surface area contributed by atoms with E-state index >= 15 is 0 Å². The second-order valence-electron chi connectivity index (χ2n) is 11.0. The zero-order valence-corrected chi connectivity index (χ0v) is 21.7. The summed E-state index contributed by atoms with van der Waals surface area (Å²) in [5, 5.41) is 9.17. The van der Waals surface area contributed by atoms with Gasteiger partial charge in [0.15, 0.2) is 5.69 Å². The molecule has 2 aliphatic rings. The maximum Gasteiger partial charge on any atom is 0.272 e. The van der Waals surface area contributed by atoms with Crippen molar-refractivity contribution in [1.82, 2.24) is 15.1 Å². The van der Waals surface area contributed by atoms with E-state index in [4.69, 9.17) is 28.3 Å². The fourth-order valence-electron chi connectivity index (χ4n) is 6.28. The van der Waals surface area contributed by atoms with Gasteiger partial charge in [0.1, 0.15) is 0 Å². The summed E-state index contributed by atoms with van der Waals surface area (Å²) in [6.45, 7) is 9.48. The second kappa shape index (κ2) is 8.42. The van der Waals surface area contributed by atoms with Gasteiger partial charge < -0.3 is 5.32 Å². The van der Waals surface area contributed by atoms with E-state index in [1.807, 2.05) is 22.9 Å². The number of halogens is 2. The summed E-state index contributed by atoms with van der Waals surface area (Å²) in [5.41, 5.74) is 4.76. The van der Waals surface area contributed by atoms with Crippen LogP contribution in [0.4, 0.5) is 0 Å². The van der Waals surface area contributed by atoms with Gasteiger partial charge in [-0.3, -0.25) is 9.48 Å². The van der Waals surface area contributed by atoms with Gasteiger partial charge in [-0.05, 0) is 72.3 Å². The molecule has 4 nitrogen and oxygen atoms in total. The van der Waals surface area contributed by atoms with Crippen molar-refractivity contribution >= 4 is 29.1 Å². The van der Waals surface area contributed by atoms with E-state index in [1.165, 1.54) is 24.8 Å². The van der Waals surface area contributed by atoms with E-state index in [9.17, 15) is 4.79 Å². The smallest absolute Gasteiger partial charge is 0.272 e. The first-order valence-corrected chi connectivity index (χ1v) is 12.7. The lowest BCUT2D eigenvalue weighted by Crippen LogP contribution is -2.52. The van der Waals surface area contributed by atoms with Gasteiger partial charge in [0, 0.05) is 6.04 Å². The molecule has 0 aliphatic heterocycles. The highest BCUT2D eigenvalue weighted by atomic mass is 35.5. The maximum atomic E-state index is 13.5. The Morgan fingerprint density at radius 3 is 2.47 bits per heavy atom. The third-order valence-electron chi connectivity index (χ3n) is 8.22. The third-order valence-corrected chi connectivity index (χ3v) is 8.96. The SMILES string of the molecule is Cc1ccc(-c2cc(C(=O)NC3C(C)(C)C4CC[C@@]3(C)C4)nn2Cc2ccc(Cl)c(Cl)c2)cc1. The van der Waals surface area contributed by atoms with E-state index in [0.717, 1.165) is 16.8 Å². The molecule has 3 atom stereocenters. The summed E-state index contributed by atoms with van der Waals surface area (Å²) in [4.78, 5) is 13.5. The fraction of sp³-hybridized carbons (Fsp3) is 0.429. The number of hydrogen-bond acceptors (Lipinski definition) is 2. The topological polar surface area (TPSA) is 46.9 Å². The van der Waals surface area contributed by atoms with Gasteiger partial charge in [-0.2, -0.15) is 5.10 Å². The molecule has 1 heterocycles. The number of benzene rings is 2. The fourth-order valence-corrected chi connectivity index (χ4v) is 6.60. The molecular weight excluding hydrogens is 465 g/mol. The number of fused-ring (bicyclic) bond motifs is 2. The van der Waals surface area contributed by atoms with Gasteiger partial charge in [-0.1, -0.05) is 79.9 Å². The Hall–Kier alpha value is -2.30. The maximum absolute atomic E-state index is 13.5. The van der Waals surface area contributed by atoms with Crippen molar-refractivity contribution in [2.45, 2.75) is 59.5 Å². The van der Waals surface area contributed by atoms with Crippen LogP contribution in [0.15, 0.2) is 48.5 Å². The van der Waals surface area contributed by atoms with Crippen LogP contribution in [0, 0.1) is 23.7 Å². The van der Waals surface area contributed by atoms with E-state index in [2.05, 4.69) is 57.3 Å². The minimum atomic E-state index is -0.104. The van der Waals surface area contributed by atoms with Crippen LogP contribution in [0.25, 0.3) is 11.3 Å². The highest BCUT2D eigenvalue weighted by molar-refractivity contribution is 6.42. The standard InChI is InChI=1S/C28H31Cl2N3O/c1-17-5-8-19(9-6-17)24-14-23(32-33(24)16-18-7-10-21(29)22(30)13-18)25(34)31-26-27(2,3)20-11-12-28(26,4)15-20/h5-10,13-14,20,26H,11-12,15-16H2,1-4H3,(H,31,34)/t20?,26?,28-/m0/s1. The monoisotopic (exact) mass is 495 g/mol. The third kappa shape index (κ3) is 4.05. The molecule has 1 amide bonds. The number of aryl methyl sites for hydroxylation is 1. The Labute approximate surface area is 211 Å². The Kier molecular flexibility index (Phi) is 5.81. The zero-order chi connectivity index (χ0) is 24.3. The molecule has 2 unspecified atom stereocenters. The quantitative estimate of drug-likeness (QED) is 0.408. The van der Waals surface area contributed by atoms with E-state index in [-0.39, 0.29) is 22.8 Å². The number of nitrogens with zero attached hydrogens (tertiary/aromatic N) is 2. The molecule has 6 heteroatoms. The van der Waals surface area contributed by atoms with Gasteiger partial charge in [0.25, 0.3) is 5.91 Å². The van der Waals surface area contributed by atoms with Crippen molar-refractivity contribution in [2.75, 3.05) is 0 Å². The highest BCUT2D eigenvalue weighted by Gasteiger charge is 2.59. The van der Waals surface area contributed by atoms with Gasteiger partial charge in [-0.15, -0.1) is 0 Å². The summed E-state index contributed by atoms with van der Waals surface area (Å²) < 4.78 is 1.88. The second-order valence-corrected chi connectivity index (χ2v) is 11.8. The average Bonchev–Trinajstić information content (AvgIpc) is 3.44. The number of amides is 1. The largest absolute Gasteiger partial charge is 0.347 e. The van der Waals surface area contributed by atoms with Crippen LogP contribution in [0.3, 0.4) is 0 Å². The molecule has 2 aliphatic carbocycles. The predicted octanol–water partition coefficient (Wildman–Crippen LogP) is 7.16. The normalized spacial score (nSPS) is 25.0. The van der Waals surface area contributed by atoms with Crippen LogP contribution in [-0.4, -0.2) is 21.7 Å². The van der Waals surface area contributed by atoms with Crippen LogP contribution in [0.2, 0.25) is 10.0 Å². The van der Waals surface area contributed by atoms with Crippen LogP contribution in [0.1, 0.15) is 61.6 Å². The molecule has 1 aromatic heterocycles. The first-order chi connectivity index (χ1) is 16.1. The molecule has 3 aromatic rings. The Morgan fingerprint density at radius 1 is 1.09 bits per heavy atom. The molecule has 2 aromatic carbocycles. The molecule has 178 valence electrons. The minimum Gasteiger partial charge on any atom is -0.347 e. The lowest BCUT2D eigenvalue weighted by atomic mass is 9.68. The van der Waals surface area contributed by atoms with Crippen LogP contribution in [0.5, 0.6) is 0 Å². The first kappa shape index (κ1) is 23.4. The molecule has 2 bridgehead atoms. The van der Waals surface area contributed by atoms with Crippen molar-refractivity contribution in [3.63, 3.8) is 0 Å². The predicted molar refractivity (Wildman–Crippen MR) is 138 cm³/mol. The van der Waals surface area contributed by atoms with Gasteiger partial charge >= 0.3 is 0 Å². The average molecular weight is 496 g/mol. The summed E-state index contributed by atoms with van der Waals surface area (Å²) in [5.74, 6) is 0.561. The van der Waals surface area contributed by atoms with Crippen LogP contribution >= 0.6 is 23.2 Å².